The van der Waals surface area contributed by atoms with Crippen molar-refractivity contribution in [2.24, 2.45) is 5.92 Å². The predicted octanol–water partition coefficient (Wildman–Crippen LogP) is 3.79. The summed E-state index contributed by atoms with van der Waals surface area (Å²) in [5, 5.41) is 3.22. The number of anilines is 1. The van der Waals surface area contributed by atoms with Crippen LogP contribution >= 0.6 is 27.3 Å². The quantitative estimate of drug-likeness (QED) is 0.870. The van der Waals surface area contributed by atoms with Gasteiger partial charge in [-0.1, -0.05) is 41.1 Å². The van der Waals surface area contributed by atoms with Crippen LogP contribution < -0.4 is 5.32 Å². The van der Waals surface area contributed by atoms with E-state index in [0.717, 1.165) is 4.70 Å². The third kappa shape index (κ3) is 2.87. The minimum atomic E-state index is -0.301. The molecule has 1 N–H and O–H groups in total. The fourth-order valence-electron chi connectivity index (χ4n) is 1.43. The van der Waals surface area contributed by atoms with Crippen LogP contribution in [0, 0.1) is 11.7 Å². The number of hydrogen-bond acceptors (Lipinski definition) is 3. The summed E-state index contributed by atoms with van der Waals surface area (Å²) in [5.74, 6) is -0.245. The number of carbonyl (C=O) groups excluding carboxylic acids is 1. The summed E-state index contributed by atoms with van der Waals surface area (Å²) in [6.07, 6.45) is 0. The maximum absolute atomic E-state index is 13.0. The van der Waals surface area contributed by atoms with E-state index in [1.54, 1.807) is 6.07 Å². The SMILES string of the molecule is CC(C)C(Br)C(=O)Nc1nc2ccc(F)cc2s1. The number of rotatable bonds is 3. The number of carbonyl (C=O) groups is 1. The minimum Gasteiger partial charge on any atom is -0.301 e. The summed E-state index contributed by atoms with van der Waals surface area (Å²) >= 11 is 4.59. The average Bonchev–Trinajstić information content (AvgIpc) is 2.68. The summed E-state index contributed by atoms with van der Waals surface area (Å²) in [6, 6.07) is 4.37. The molecule has 1 unspecified atom stereocenters. The molecule has 0 aliphatic rings. The molecule has 1 atom stereocenters. The molecule has 1 aromatic heterocycles. The first-order chi connectivity index (χ1) is 8.47. The molecule has 0 bridgehead atoms. The lowest BCUT2D eigenvalue weighted by molar-refractivity contribution is -0.116. The summed E-state index contributed by atoms with van der Waals surface area (Å²) in [5.41, 5.74) is 0.687. The lowest BCUT2D eigenvalue weighted by Crippen LogP contribution is -2.26. The third-order valence-electron chi connectivity index (χ3n) is 2.42. The van der Waals surface area contributed by atoms with Gasteiger partial charge in [0.15, 0.2) is 5.13 Å². The van der Waals surface area contributed by atoms with Gasteiger partial charge in [-0.2, -0.15) is 0 Å². The van der Waals surface area contributed by atoms with E-state index in [1.165, 1.54) is 23.5 Å². The Morgan fingerprint density at radius 1 is 1.50 bits per heavy atom. The van der Waals surface area contributed by atoms with E-state index in [0.29, 0.717) is 10.6 Å². The van der Waals surface area contributed by atoms with Gasteiger partial charge in [-0.3, -0.25) is 4.79 Å². The van der Waals surface area contributed by atoms with Crippen molar-refractivity contribution in [3.05, 3.63) is 24.0 Å². The van der Waals surface area contributed by atoms with E-state index in [-0.39, 0.29) is 22.5 Å². The van der Waals surface area contributed by atoms with Crippen LogP contribution in [0.4, 0.5) is 9.52 Å². The van der Waals surface area contributed by atoms with Crippen molar-refractivity contribution in [1.82, 2.24) is 4.98 Å². The maximum atomic E-state index is 13.0. The highest BCUT2D eigenvalue weighted by atomic mass is 79.9. The maximum Gasteiger partial charge on any atom is 0.240 e. The number of nitrogens with zero attached hydrogens (tertiary/aromatic N) is 1. The average molecular weight is 331 g/mol. The van der Waals surface area contributed by atoms with E-state index < -0.39 is 0 Å². The number of nitrogens with one attached hydrogen (secondary N) is 1. The zero-order valence-corrected chi connectivity index (χ0v) is 12.3. The van der Waals surface area contributed by atoms with Crippen molar-refractivity contribution in [2.45, 2.75) is 18.7 Å². The Balaban J connectivity index is 2.20. The Labute approximate surface area is 117 Å². The molecule has 0 aliphatic carbocycles. The number of alkyl halides is 1. The van der Waals surface area contributed by atoms with Crippen LogP contribution in [-0.2, 0) is 4.79 Å². The largest absolute Gasteiger partial charge is 0.301 e. The molecule has 0 saturated heterocycles. The number of amides is 1. The first kappa shape index (κ1) is 13.4. The number of hydrogen-bond donors (Lipinski definition) is 1. The molecule has 3 nitrogen and oxygen atoms in total. The Kier molecular flexibility index (Phi) is 3.97. The van der Waals surface area contributed by atoms with Gasteiger partial charge >= 0.3 is 0 Å². The lowest BCUT2D eigenvalue weighted by Gasteiger charge is -2.11. The van der Waals surface area contributed by atoms with E-state index in [9.17, 15) is 9.18 Å². The molecule has 0 aliphatic heterocycles. The Bertz CT molecular complexity index is 584. The van der Waals surface area contributed by atoms with E-state index in [1.807, 2.05) is 13.8 Å². The third-order valence-corrected chi connectivity index (χ3v) is 4.82. The highest BCUT2D eigenvalue weighted by Crippen LogP contribution is 2.27. The van der Waals surface area contributed by atoms with Gasteiger partial charge in [-0.05, 0) is 24.1 Å². The molecule has 6 heteroatoms. The Morgan fingerprint density at radius 2 is 2.22 bits per heavy atom. The van der Waals surface area contributed by atoms with Gasteiger partial charge < -0.3 is 5.32 Å². The van der Waals surface area contributed by atoms with Crippen molar-refractivity contribution in [3.8, 4) is 0 Å². The highest BCUT2D eigenvalue weighted by molar-refractivity contribution is 9.10. The van der Waals surface area contributed by atoms with Gasteiger partial charge in [0.25, 0.3) is 0 Å². The molecule has 0 saturated carbocycles. The molecule has 0 spiro atoms. The second-order valence-corrected chi connectivity index (χ2v) is 6.28. The first-order valence-corrected chi connectivity index (χ1v) is 7.21. The fraction of sp³-hybridized carbons (Fsp3) is 0.333. The molecule has 1 aromatic carbocycles. The van der Waals surface area contributed by atoms with Crippen molar-refractivity contribution in [1.29, 1.82) is 0 Å². The van der Waals surface area contributed by atoms with E-state index in [2.05, 4.69) is 26.2 Å². The van der Waals surface area contributed by atoms with Gasteiger partial charge in [0, 0.05) is 0 Å². The second kappa shape index (κ2) is 5.32. The van der Waals surface area contributed by atoms with Gasteiger partial charge in [0.1, 0.15) is 5.82 Å². The van der Waals surface area contributed by atoms with Crippen LogP contribution in [0.15, 0.2) is 18.2 Å². The number of thiazole rings is 1. The Hall–Kier alpha value is -1.01. The molecule has 0 radical (unpaired) electrons. The van der Waals surface area contributed by atoms with Crippen molar-refractivity contribution < 1.29 is 9.18 Å². The summed E-state index contributed by atoms with van der Waals surface area (Å²) in [4.78, 5) is 15.8. The lowest BCUT2D eigenvalue weighted by atomic mass is 10.1. The van der Waals surface area contributed by atoms with Gasteiger partial charge in [-0.15, -0.1) is 0 Å². The first-order valence-electron chi connectivity index (χ1n) is 5.48. The second-order valence-electron chi connectivity index (χ2n) is 4.27. The van der Waals surface area contributed by atoms with Crippen LogP contribution in [0.3, 0.4) is 0 Å². The zero-order chi connectivity index (χ0) is 13.3. The Morgan fingerprint density at radius 3 is 2.89 bits per heavy atom. The number of aromatic nitrogens is 1. The van der Waals surface area contributed by atoms with Crippen LogP contribution in [0.1, 0.15) is 13.8 Å². The van der Waals surface area contributed by atoms with Crippen molar-refractivity contribution in [2.75, 3.05) is 5.32 Å². The van der Waals surface area contributed by atoms with E-state index >= 15 is 0 Å². The van der Waals surface area contributed by atoms with Crippen molar-refractivity contribution in [3.63, 3.8) is 0 Å². The highest BCUT2D eigenvalue weighted by Gasteiger charge is 2.19. The molecule has 1 amide bonds. The summed E-state index contributed by atoms with van der Waals surface area (Å²) in [6.45, 7) is 3.90. The summed E-state index contributed by atoms with van der Waals surface area (Å²) < 4.78 is 13.7. The molecule has 0 fully saturated rings. The number of benzene rings is 1. The normalized spacial score (nSPS) is 12.9. The molecule has 2 rings (SSSR count). The molecule has 2 aromatic rings. The van der Waals surface area contributed by atoms with Gasteiger partial charge in [-0.25, -0.2) is 9.37 Å². The van der Waals surface area contributed by atoms with Crippen LogP contribution in [0.2, 0.25) is 0 Å². The molecular formula is C12H12BrFN2OS. The molecule has 96 valence electrons. The van der Waals surface area contributed by atoms with Gasteiger partial charge in [0.2, 0.25) is 5.91 Å². The molecule has 1 heterocycles. The number of fused-ring (bicyclic) bond motifs is 1. The molecule has 18 heavy (non-hydrogen) atoms. The van der Waals surface area contributed by atoms with E-state index in [4.69, 9.17) is 0 Å². The monoisotopic (exact) mass is 330 g/mol. The van der Waals surface area contributed by atoms with Gasteiger partial charge in [0.05, 0.1) is 15.0 Å². The predicted molar refractivity (Wildman–Crippen MR) is 75.8 cm³/mol. The topological polar surface area (TPSA) is 42.0 Å². The fourth-order valence-corrected chi connectivity index (χ4v) is 2.44. The standard InChI is InChI=1S/C12H12BrFN2OS/c1-6(2)10(13)11(17)16-12-15-8-4-3-7(14)5-9(8)18-12/h3-6,10H,1-2H3,(H,15,16,17). The van der Waals surface area contributed by atoms with Crippen LogP contribution in [-0.4, -0.2) is 15.7 Å². The minimum absolute atomic E-state index is 0.135. The van der Waals surface area contributed by atoms with Crippen LogP contribution in [0.5, 0.6) is 0 Å². The summed E-state index contributed by atoms with van der Waals surface area (Å²) in [7, 11) is 0. The number of halogens is 2. The zero-order valence-electron chi connectivity index (χ0n) is 9.91. The smallest absolute Gasteiger partial charge is 0.240 e. The van der Waals surface area contributed by atoms with Crippen LogP contribution in [0.25, 0.3) is 10.2 Å². The molecular weight excluding hydrogens is 319 g/mol. The van der Waals surface area contributed by atoms with Crippen molar-refractivity contribution >= 4 is 48.5 Å².